The highest BCUT2D eigenvalue weighted by Gasteiger charge is 2.34. The second-order valence-corrected chi connectivity index (χ2v) is 6.29. The molecular weight excluding hydrogens is 314 g/mol. The van der Waals surface area contributed by atoms with Crippen LogP contribution in [0.4, 0.5) is 5.69 Å². The highest BCUT2D eigenvalue weighted by molar-refractivity contribution is 6.01. The Morgan fingerprint density at radius 1 is 1.12 bits per heavy atom. The summed E-state index contributed by atoms with van der Waals surface area (Å²) in [5.41, 5.74) is 4.64. The van der Waals surface area contributed by atoms with E-state index in [0.717, 1.165) is 16.9 Å². The predicted molar refractivity (Wildman–Crippen MR) is 94.9 cm³/mol. The van der Waals surface area contributed by atoms with E-state index in [1.54, 1.807) is 10.9 Å². The maximum Gasteiger partial charge on any atom is 0.258 e. The standard InChI is InChI=1S/C19H19N5O/c1-13-7-9-14(10-8-13)12-24-18(17-11-20-22-23(17)2)21-16-6-4-3-5-15(16)19(24)25/h3-11,18,21H,12H2,1-2H3. The van der Waals surface area contributed by atoms with Gasteiger partial charge in [0.25, 0.3) is 5.91 Å². The highest BCUT2D eigenvalue weighted by Crippen LogP contribution is 2.33. The van der Waals surface area contributed by atoms with Crippen LogP contribution in [-0.4, -0.2) is 25.8 Å². The van der Waals surface area contributed by atoms with Gasteiger partial charge in [-0.3, -0.25) is 4.79 Å². The third-order valence-electron chi connectivity index (χ3n) is 4.53. The summed E-state index contributed by atoms with van der Waals surface area (Å²) in [6, 6.07) is 15.8. The molecule has 126 valence electrons. The van der Waals surface area contributed by atoms with Gasteiger partial charge in [0.15, 0.2) is 0 Å². The molecule has 0 fully saturated rings. The van der Waals surface area contributed by atoms with Gasteiger partial charge in [-0.2, -0.15) is 0 Å². The van der Waals surface area contributed by atoms with Gasteiger partial charge >= 0.3 is 0 Å². The molecule has 2 aromatic carbocycles. The number of carbonyl (C=O) groups excluding carboxylic acids is 1. The van der Waals surface area contributed by atoms with E-state index in [-0.39, 0.29) is 12.1 Å². The topological polar surface area (TPSA) is 63.1 Å². The molecule has 6 heteroatoms. The summed E-state index contributed by atoms with van der Waals surface area (Å²) in [6.07, 6.45) is 1.38. The van der Waals surface area contributed by atoms with Crippen LogP contribution in [0, 0.1) is 6.92 Å². The first-order valence-corrected chi connectivity index (χ1v) is 8.20. The molecule has 0 bridgehead atoms. The molecule has 1 N–H and O–H groups in total. The quantitative estimate of drug-likeness (QED) is 0.800. The van der Waals surface area contributed by atoms with E-state index < -0.39 is 0 Å². The molecule has 0 spiro atoms. The van der Waals surface area contributed by atoms with Gasteiger partial charge in [0.05, 0.1) is 11.8 Å². The first kappa shape index (κ1) is 15.4. The summed E-state index contributed by atoms with van der Waals surface area (Å²) in [6.45, 7) is 2.56. The third kappa shape index (κ3) is 2.76. The Morgan fingerprint density at radius 3 is 2.60 bits per heavy atom. The Morgan fingerprint density at radius 2 is 1.88 bits per heavy atom. The summed E-state index contributed by atoms with van der Waals surface area (Å²) < 4.78 is 1.70. The zero-order chi connectivity index (χ0) is 17.4. The minimum absolute atomic E-state index is 0.00104. The molecule has 4 rings (SSSR count). The van der Waals surface area contributed by atoms with Crippen molar-refractivity contribution < 1.29 is 4.79 Å². The monoisotopic (exact) mass is 333 g/mol. The van der Waals surface area contributed by atoms with Crippen molar-refractivity contribution in [3.05, 3.63) is 77.1 Å². The van der Waals surface area contributed by atoms with Gasteiger partial charge in [-0.25, -0.2) is 4.68 Å². The van der Waals surface area contributed by atoms with Crippen molar-refractivity contribution >= 4 is 11.6 Å². The van der Waals surface area contributed by atoms with Crippen LogP contribution in [0.2, 0.25) is 0 Å². The van der Waals surface area contributed by atoms with Gasteiger partial charge in [0.2, 0.25) is 0 Å². The summed E-state index contributed by atoms with van der Waals surface area (Å²) in [5, 5.41) is 11.4. The number of nitrogens with one attached hydrogen (secondary N) is 1. The van der Waals surface area contributed by atoms with Crippen LogP contribution in [0.25, 0.3) is 0 Å². The second-order valence-electron chi connectivity index (χ2n) is 6.29. The van der Waals surface area contributed by atoms with E-state index in [4.69, 9.17) is 0 Å². The lowest BCUT2D eigenvalue weighted by molar-refractivity contribution is 0.0659. The fourth-order valence-electron chi connectivity index (χ4n) is 3.12. The Bertz CT molecular complexity index is 916. The van der Waals surface area contributed by atoms with Crippen LogP contribution < -0.4 is 5.32 Å². The minimum Gasteiger partial charge on any atom is -0.359 e. The zero-order valence-electron chi connectivity index (χ0n) is 14.2. The average Bonchev–Trinajstić information content (AvgIpc) is 3.05. The maximum atomic E-state index is 13.1. The van der Waals surface area contributed by atoms with Gasteiger partial charge in [-0.15, -0.1) is 5.10 Å². The largest absolute Gasteiger partial charge is 0.359 e. The van der Waals surface area contributed by atoms with Crippen LogP contribution in [0.1, 0.15) is 33.3 Å². The molecule has 1 aromatic heterocycles. The first-order valence-electron chi connectivity index (χ1n) is 8.20. The van der Waals surface area contributed by atoms with Crippen LogP contribution in [0.15, 0.2) is 54.7 Å². The van der Waals surface area contributed by atoms with Crippen LogP contribution >= 0.6 is 0 Å². The van der Waals surface area contributed by atoms with E-state index in [1.165, 1.54) is 5.56 Å². The zero-order valence-corrected chi connectivity index (χ0v) is 14.2. The molecule has 6 nitrogen and oxygen atoms in total. The lowest BCUT2D eigenvalue weighted by Gasteiger charge is -2.37. The van der Waals surface area contributed by atoms with Crippen molar-refractivity contribution in [2.45, 2.75) is 19.6 Å². The van der Waals surface area contributed by atoms with Gasteiger partial charge < -0.3 is 10.2 Å². The summed E-state index contributed by atoms with van der Waals surface area (Å²) >= 11 is 0. The lowest BCUT2D eigenvalue weighted by atomic mass is 10.0. The number of benzene rings is 2. The number of hydrogen-bond donors (Lipinski definition) is 1. The van der Waals surface area contributed by atoms with E-state index in [1.807, 2.05) is 36.2 Å². The number of aryl methyl sites for hydroxylation is 2. The molecule has 1 aliphatic rings. The number of anilines is 1. The molecule has 0 saturated carbocycles. The van der Waals surface area contributed by atoms with Crippen molar-refractivity contribution in [1.82, 2.24) is 19.9 Å². The van der Waals surface area contributed by atoms with Crippen LogP contribution in [-0.2, 0) is 13.6 Å². The number of rotatable bonds is 3. The van der Waals surface area contributed by atoms with Gasteiger partial charge in [-0.05, 0) is 24.6 Å². The van der Waals surface area contributed by atoms with Crippen LogP contribution in [0.5, 0.6) is 0 Å². The molecule has 1 unspecified atom stereocenters. The predicted octanol–water partition coefficient (Wildman–Crippen LogP) is 2.89. The minimum atomic E-state index is -0.316. The number of amides is 1. The Kier molecular flexibility index (Phi) is 3.72. The number of aromatic nitrogens is 3. The third-order valence-corrected chi connectivity index (χ3v) is 4.53. The van der Waals surface area contributed by atoms with Gasteiger partial charge in [0.1, 0.15) is 11.9 Å². The number of carbonyl (C=O) groups is 1. The van der Waals surface area contributed by atoms with Crippen LogP contribution in [0.3, 0.4) is 0 Å². The molecule has 0 saturated heterocycles. The normalized spacial score (nSPS) is 16.5. The Balaban J connectivity index is 1.75. The van der Waals surface area contributed by atoms with Gasteiger partial charge in [0, 0.05) is 19.3 Å². The summed E-state index contributed by atoms with van der Waals surface area (Å²) in [5.74, 6) is 0.00104. The highest BCUT2D eigenvalue weighted by atomic mass is 16.2. The maximum absolute atomic E-state index is 13.1. The van der Waals surface area contributed by atoms with Crippen molar-refractivity contribution in [3.8, 4) is 0 Å². The number of hydrogen-bond acceptors (Lipinski definition) is 4. The molecule has 25 heavy (non-hydrogen) atoms. The second kappa shape index (κ2) is 6.05. The molecular formula is C19H19N5O. The van der Waals surface area contributed by atoms with E-state index in [9.17, 15) is 4.79 Å². The van der Waals surface area contributed by atoms with Crippen molar-refractivity contribution in [2.24, 2.45) is 7.05 Å². The van der Waals surface area contributed by atoms with Crippen molar-refractivity contribution in [1.29, 1.82) is 0 Å². The van der Waals surface area contributed by atoms with Crippen molar-refractivity contribution in [3.63, 3.8) is 0 Å². The van der Waals surface area contributed by atoms with E-state index in [2.05, 4.69) is 46.8 Å². The fourth-order valence-corrected chi connectivity index (χ4v) is 3.12. The van der Waals surface area contributed by atoms with E-state index in [0.29, 0.717) is 12.1 Å². The number of para-hydroxylation sites is 1. The number of fused-ring (bicyclic) bond motifs is 1. The van der Waals surface area contributed by atoms with Crippen molar-refractivity contribution in [2.75, 3.05) is 5.32 Å². The molecule has 1 amide bonds. The molecule has 1 atom stereocenters. The summed E-state index contributed by atoms with van der Waals surface area (Å²) in [7, 11) is 1.83. The molecule has 3 aromatic rings. The summed E-state index contributed by atoms with van der Waals surface area (Å²) in [4.78, 5) is 15.0. The lowest BCUT2D eigenvalue weighted by Crippen LogP contribution is -2.43. The Hall–Kier alpha value is -3.15. The fraction of sp³-hybridized carbons (Fsp3) is 0.211. The Labute approximate surface area is 146 Å². The first-order chi connectivity index (χ1) is 12.1. The molecule has 1 aliphatic heterocycles. The van der Waals surface area contributed by atoms with Gasteiger partial charge in [-0.1, -0.05) is 47.2 Å². The number of nitrogens with zero attached hydrogens (tertiary/aromatic N) is 4. The SMILES string of the molecule is Cc1ccc(CN2C(=O)c3ccccc3NC2c2cnnn2C)cc1. The molecule has 0 aliphatic carbocycles. The molecule has 2 heterocycles. The average molecular weight is 333 g/mol. The van der Waals surface area contributed by atoms with E-state index >= 15 is 0 Å². The smallest absolute Gasteiger partial charge is 0.258 e. The molecule has 0 radical (unpaired) electrons.